The zero-order chi connectivity index (χ0) is 19.1. The number of aromatic nitrogens is 1. The molecule has 3 saturated carbocycles. The molecular formula is C23H31N3O2. The highest BCUT2D eigenvalue weighted by molar-refractivity contribution is 5.93. The average molecular weight is 382 g/mol. The van der Waals surface area contributed by atoms with E-state index in [-0.39, 0.29) is 0 Å². The van der Waals surface area contributed by atoms with E-state index >= 15 is 0 Å². The van der Waals surface area contributed by atoms with Crippen molar-refractivity contribution >= 4 is 11.8 Å². The molecule has 2 heterocycles. The summed E-state index contributed by atoms with van der Waals surface area (Å²) < 4.78 is 0. The highest BCUT2D eigenvalue weighted by Crippen LogP contribution is 2.57. The Bertz CT molecular complexity index is 765. The lowest BCUT2D eigenvalue weighted by atomic mass is 9.69. The van der Waals surface area contributed by atoms with Crippen LogP contribution in [0.25, 0.3) is 0 Å². The quantitative estimate of drug-likeness (QED) is 0.789. The number of anilines is 1. The monoisotopic (exact) mass is 381 g/mol. The maximum Gasteiger partial charge on any atom is 0.339 e. The van der Waals surface area contributed by atoms with E-state index < -0.39 is 5.97 Å². The summed E-state index contributed by atoms with van der Waals surface area (Å²) in [7, 11) is 0. The molecule has 4 unspecified atom stereocenters. The molecule has 5 nitrogen and oxygen atoms in total. The number of carbonyl (C=O) groups is 1. The van der Waals surface area contributed by atoms with Crippen LogP contribution in [0.1, 0.15) is 48.9 Å². The summed E-state index contributed by atoms with van der Waals surface area (Å²) in [6.07, 6.45) is 12.8. The molecule has 5 heteroatoms. The van der Waals surface area contributed by atoms with Crippen molar-refractivity contribution in [1.29, 1.82) is 0 Å². The molecule has 3 bridgehead atoms. The fourth-order valence-electron chi connectivity index (χ4n) is 6.39. The van der Waals surface area contributed by atoms with Crippen LogP contribution in [-0.4, -0.2) is 53.7 Å². The molecular weight excluding hydrogens is 350 g/mol. The van der Waals surface area contributed by atoms with Gasteiger partial charge in [0, 0.05) is 38.9 Å². The Kier molecular flexibility index (Phi) is 4.87. The molecule has 4 aliphatic rings. The number of carboxylic acid groups (broad SMARTS) is 1. The lowest BCUT2D eigenvalue weighted by molar-refractivity contribution is 0.0697. The molecule has 5 rings (SSSR count). The molecule has 0 radical (unpaired) electrons. The second kappa shape index (κ2) is 7.51. The van der Waals surface area contributed by atoms with E-state index in [4.69, 9.17) is 0 Å². The topological polar surface area (TPSA) is 56.7 Å². The van der Waals surface area contributed by atoms with Crippen molar-refractivity contribution in [3.8, 4) is 0 Å². The van der Waals surface area contributed by atoms with Gasteiger partial charge in [0.05, 0.1) is 0 Å². The standard InChI is InChI=1S/C23H31N3O2/c27-23(28)20-3-1-7-24-22(20)26-11-9-25(10-12-26)8-2-4-19-18-13-16-5-6-17(15-18)21(19)14-16/h1,3-4,7,16-18,21H,2,5-6,8-15H2,(H,27,28)/b19-4-. The van der Waals surface area contributed by atoms with Gasteiger partial charge in [0.15, 0.2) is 0 Å². The Morgan fingerprint density at radius 3 is 2.86 bits per heavy atom. The zero-order valence-corrected chi connectivity index (χ0v) is 16.6. The van der Waals surface area contributed by atoms with Gasteiger partial charge in [-0.15, -0.1) is 0 Å². The first-order valence-electron chi connectivity index (χ1n) is 11.0. The number of fused-ring (bicyclic) bond motifs is 2. The Balaban J connectivity index is 1.14. The van der Waals surface area contributed by atoms with Gasteiger partial charge in [-0.05, 0) is 67.9 Å². The summed E-state index contributed by atoms with van der Waals surface area (Å²) in [5, 5.41) is 9.39. The van der Waals surface area contributed by atoms with E-state index in [1.807, 2.05) is 5.57 Å². The normalized spacial score (nSPS) is 33.6. The minimum Gasteiger partial charge on any atom is -0.478 e. The molecule has 0 aromatic carbocycles. The molecule has 3 aliphatic carbocycles. The number of carboxylic acids is 1. The first-order valence-corrected chi connectivity index (χ1v) is 11.0. The maximum absolute atomic E-state index is 11.4. The van der Waals surface area contributed by atoms with Crippen molar-refractivity contribution in [3.05, 3.63) is 35.5 Å². The predicted octanol–water partition coefficient (Wildman–Crippen LogP) is 3.67. The van der Waals surface area contributed by atoms with Crippen LogP contribution in [0.15, 0.2) is 30.0 Å². The number of nitrogens with zero attached hydrogens (tertiary/aromatic N) is 3. The summed E-state index contributed by atoms with van der Waals surface area (Å²) in [4.78, 5) is 20.4. The van der Waals surface area contributed by atoms with Gasteiger partial charge in [0.2, 0.25) is 0 Å². The number of pyridine rings is 1. The highest BCUT2D eigenvalue weighted by Gasteiger charge is 2.47. The second-order valence-corrected chi connectivity index (χ2v) is 9.22. The third kappa shape index (κ3) is 3.34. The molecule has 4 atom stereocenters. The van der Waals surface area contributed by atoms with Gasteiger partial charge < -0.3 is 10.0 Å². The van der Waals surface area contributed by atoms with Gasteiger partial charge in [-0.3, -0.25) is 4.90 Å². The van der Waals surface area contributed by atoms with Crippen LogP contribution in [0, 0.1) is 23.7 Å². The number of rotatable bonds is 5. The molecule has 150 valence electrons. The van der Waals surface area contributed by atoms with Crippen molar-refractivity contribution in [2.24, 2.45) is 23.7 Å². The summed E-state index contributed by atoms with van der Waals surface area (Å²) in [6, 6.07) is 3.34. The van der Waals surface area contributed by atoms with Gasteiger partial charge in [-0.2, -0.15) is 0 Å². The molecule has 1 N–H and O–H groups in total. The first-order chi connectivity index (χ1) is 13.7. The Hall–Kier alpha value is -1.88. The van der Waals surface area contributed by atoms with Crippen molar-refractivity contribution in [2.75, 3.05) is 37.6 Å². The lowest BCUT2D eigenvalue weighted by Crippen LogP contribution is -2.47. The molecule has 1 saturated heterocycles. The van der Waals surface area contributed by atoms with Crippen LogP contribution in [0.2, 0.25) is 0 Å². The van der Waals surface area contributed by atoms with Crippen LogP contribution in [-0.2, 0) is 0 Å². The van der Waals surface area contributed by atoms with Crippen molar-refractivity contribution in [2.45, 2.75) is 38.5 Å². The fourth-order valence-corrected chi connectivity index (χ4v) is 6.39. The molecule has 0 amide bonds. The van der Waals surface area contributed by atoms with E-state index in [2.05, 4.69) is 20.9 Å². The average Bonchev–Trinajstić information content (AvgIpc) is 2.86. The van der Waals surface area contributed by atoms with Crippen LogP contribution in [0.3, 0.4) is 0 Å². The van der Waals surface area contributed by atoms with E-state index in [0.29, 0.717) is 11.4 Å². The van der Waals surface area contributed by atoms with Gasteiger partial charge in [-0.1, -0.05) is 18.1 Å². The molecule has 1 aromatic rings. The first kappa shape index (κ1) is 18.2. The Morgan fingerprint density at radius 2 is 2.04 bits per heavy atom. The Morgan fingerprint density at radius 1 is 1.18 bits per heavy atom. The van der Waals surface area contributed by atoms with Crippen LogP contribution in [0.5, 0.6) is 0 Å². The van der Waals surface area contributed by atoms with E-state index in [0.717, 1.165) is 56.4 Å². The van der Waals surface area contributed by atoms with Gasteiger partial charge in [0.1, 0.15) is 11.4 Å². The maximum atomic E-state index is 11.4. The van der Waals surface area contributed by atoms with Gasteiger partial charge >= 0.3 is 5.97 Å². The summed E-state index contributed by atoms with van der Waals surface area (Å²) in [5.74, 6) is 3.58. The fraction of sp³-hybridized carbons (Fsp3) is 0.652. The largest absolute Gasteiger partial charge is 0.478 e. The number of piperazine rings is 1. The number of aromatic carboxylic acids is 1. The van der Waals surface area contributed by atoms with Crippen molar-refractivity contribution < 1.29 is 9.90 Å². The smallest absolute Gasteiger partial charge is 0.339 e. The molecule has 4 fully saturated rings. The van der Waals surface area contributed by atoms with Crippen molar-refractivity contribution in [3.63, 3.8) is 0 Å². The molecule has 1 aromatic heterocycles. The lowest BCUT2D eigenvalue weighted by Gasteiger charge is -2.37. The predicted molar refractivity (Wildman–Crippen MR) is 110 cm³/mol. The second-order valence-electron chi connectivity index (χ2n) is 9.22. The third-order valence-electron chi connectivity index (χ3n) is 7.72. The van der Waals surface area contributed by atoms with Gasteiger partial charge in [0.25, 0.3) is 0 Å². The Labute approximate surface area is 167 Å². The van der Waals surface area contributed by atoms with Crippen LogP contribution >= 0.6 is 0 Å². The van der Waals surface area contributed by atoms with Crippen molar-refractivity contribution in [1.82, 2.24) is 9.88 Å². The zero-order valence-electron chi connectivity index (χ0n) is 16.6. The minimum atomic E-state index is -0.895. The SMILES string of the molecule is O=C(O)c1cccnc1N1CCN(CC/C=C2/C3CC4CCC(C3)C2C4)CC1. The summed E-state index contributed by atoms with van der Waals surface area (Å²) in [5.41, 5.74) is 2.13. The highest BCUT2D eigenvalue weighted by atomic mass is 16.4. The summed E-state index contributed by atoms with van der Waals surface area (Å²) >= 11 is 0. The van der Waals surface area contributed by atoms with E-state index in [1.165, 1.54) is 38.5 Å². The summed E-state index contributed by atoms with van der Waals surface area (Å²) in [6.45, 7) is 4.79. The number of hydrogen-bond acceptors (Lipinski definition) is 4. The van der Waals surface area contributed by atoms with E-state index in [1.54, 1.807) is 18.3 Å². The molecule has 0 spiro atoms. The number of allylic oxidation sites excluding steroid dienone is 1. The van der Waals surface area contributed by atoms with Crippen LogP contribution in [0.4, 0.5) is 5.82 Å². The third-order valence-corrected chi connectivity index (χ3v) is 7.72. The molecule has 28 heavy (non-hydrogen) atoms. The minimum absolute atomic E-state index is 0.308. The number of hydrogen-bond donors (Lipinski definition) is 1. The van der Waals surface area contributed by atoms with Crippen LogP contribution < -0.4 is 4.90 Å². The molecule has 1 aliphatic heterocycles. The van der Waals surface area contributed by atoms with Gasteiger partial charge in [-0.25, -0.2) is 9.78 Å². The van der Waals surface area contributed by atoms with E-state index in [9.17, 15) is 9.90 Å².